The Morgan fingerprint density at radius 3 is 2.74 bits per heavy atom. The van der Waals surface area contributed by atoms with Gasteiger partial charge in [0.2, 0.25) is 0 Å². The molecule has 2 aromatic heterocycles. The molecule has 0 amide bonds. The molecule has 1 aliphatic rings. The minimum absolute atomic E-state index is 0.0853. The second-order valence-electron chi connectivity index (χ2n) is 9.26. The van der Waals surface area contributed by atoms with E-state index in [1.807, 2.05) is 18.2 Å². The summed E-state index contributed by atoms with van der Waals surface area (Å²) < 4.78 is 20.9. The average molecular weight is 500 g/mol. The van der Waals surface area contributed by atoms with Gasteiger partial charge in [0.25, 0.3) is 0 Å². The molecule has 8 heteroatoms. The number of halogens is 2. The molecule has 1 N–H and O–H groups in total. The molecular formula is C27H31ClFN3O3. The largest absolute Gasteiger partial charge is 0.497 e. The summed E-state index contributed by atoms with van der Waals surface area (Å²) in [5.74, 6) is -0.252. The smallest absolute Gasteiger partial charge is 0.309 e. The van der Waals surface area contributed by atoms with Crippen molar-refractivity contribution in [2.75, 3.05) is 26.7 Å². The number of pyridine rings is 2. The summed E-state index contributed by atoms with van der Waals surface area (Å²) in [5, 5.41) is 10.9. The number of nitrogens with zero attached hydrogens (tertiary/aromatic N) is 3. The zero-order valence-corrected chi connectivity index (χ0v) is 20.7. The van der Waals surface area contributed by atoms with E-state index in [0.717, 1.165) is 25.1 Å². The molecule has 3 heterocycles. The third-order valence-corrected chi connectivity index (χ3v) is 7.46. The fraction of sp³-hybridized carbons (Fsp3) is 0.444. The van der Waals surface area contributed by atoms with Crippen molar-refractivity contribution in [3.8, 4) is 5.75 Å². The number of fused-ring (bicyclic) bond motifs is 1. The van der Waals surface area contributed by atoms with E-state index in [1.165, 1.54) is 6.20 Å². The number of methoxy groups -OCH3 is 1. The first-order valence-electron chi connectivity index (χ1n) is 12.0. The van der Waals surface area contributed by atoms with Gasteiger partial charge in [-0.05, 0) is 88.5 Å². The zero-order chi connectivity index (χ0) is 24.8. The molecule has 6 nitrogen and oxygen atoms in total. The van der Waals surface area contributed by atoms with Crippen LogP contribution in [0.3, 0.4) is 0 Å². The molecular weight excluding hydrogens is 469 g/mol. The summed E-state index contributed by atoms with van der Waals surface area (Å²) in [4.78, 5) is 23.2. The van der Waals surface area contributed by atoms with Crippen LogP contribution in [0.2, 0.25) is 5.02 Å². The molecule has 0 spiro atoms. The first-order valence-corrected chi connectivity index (χ1v) is 12.4. The van der Waals surface area contributed by atoms with Crippen LogP contribution in [0.25, 0.3) is 10.9 Å². The average Bonchev–Trinajstić information content (AvgIpc) is 2.88. The number of alkyl halides is 1. The lowest BCUT2D eigenvalue weighted by Gasteiger charge is -2.39. The number of hydrogen-bond donors (Lipinski definition) is 1. The predicted molar refractivity (Wildman–Crippen MR) is 135 cm³/mol. The summed E-state index contributed by atoms with van der Waals surface area (Å²) in [7, 11) is 1.55. The van der Waals surface area contributed by atoms with Gasteiger partial charge in [-0.25, -0.2) is 4.39 Å². The lowest BCUT2D eigenvalue weighted by Crippen LogP contribution is -2.44. The second-order valence-corrected chi connectivity index (χ2v) is 9.67. The Bertz CT molecular complexity index is 1150. The summed E-state index contributed by atoms with van der Waals surface area (Å²) in [6, 6.07) is 11.2. The number of hydrogen-bond acceptors (Lipinski definition) is 5. The van der Waals surface area contributed by atoms with Crippen LogP contribution in [-0.4, -0.2) is 52.7 Å². The zero-order valence-electron chi connectivity index (χ0n) is 19.9. The number of carboxylic acids is 1. The predicted octanol–water partition coefficient (Wildman–Crippen LogP) is 5.88. The topological polar surface area (TPSA) is 75.6 Å². The fourth-order valence-corrected chi connectivity index (χ4v) is 5.23. The van der Waals surface area contributed by atoms with Gasteiger partial charge in [-0.2, -0.15) is 0 Å². The van der Waals surface area contributed by atoms with Crippen LogP contribution in [0, 0.1) is 5.41 Å². The Morgan fingerprint density at radius 2 is 2.06 bits per heavy atom. The molecule has 0 aliphatic carbocycles. The van der Waals surface area contributed by atoms with Gasteiger partial charge in [0.05, 0.1) is 23.1 Å². The maximum atomic E-state index is 15.6. The first-order chi connectivity index (χ1) is 16.9. The normalized spacial score (nSPS) is 16.8. The molecule has 1 aromatic carbocycles. The number of piperidine rings is 1. The van der Waals surface area contributed by atoms with Crippen LogP contribution >= 0.6 is 11.6 Å². The number of rotatable bonds is 10. The van der Waals surface area contributed by atoms with E-state index in [-0.39, 0.29) is 17.9 Å². The number of likely N-dealkylation sites (tertiary alicyclic amines) is 1. The maximum Gasteiger partial charge on any atom is 0.309 e. The van der Waals surface area contributed by atoms with Crippen LogP contribution in [0.15, 0.2) is 48.8 Å². The van der Waals surface area contributed by atoms with E-state index >= 15 is 4.39 Å². The van der Waals surface area contributed by atoms with Gasteiger partial charge in [-0.3, -0.25) is 14.8 Å². The number of carboxylic acid groups (broad SMARTS) is 1. The lowest BCUT2D eigenvalue weighted by molar-refractivity contribution is -0.153. The van der Waals surface area contributed by atoms with Crippen molar-refractivity contribution in [1.29, 1.82) is 0 Å². The van der Waals surface area contributed by atoms with Gasteiger partial charge < -0.3 is 14.7 Å². The summed E-state index contributed by atoms with van der Waals surface area (Å²) in [5.41, 5.74) is 1.12. The highest BCUT2D eigenvalue weighted by atomic mass is 35.5. The molecule has 35 heavy (non-hydrogen) atoms. The van der Waals surface area contributed by atoms with Gasteiger partial charge in [-0.1, -0.05) is 17.7 Å². The minimum atomic E-state index is -1.40. The van der Waals surface area contributed by atoms with E-state index in [2.05, 4.69) is 14.9 Å². The number of aromatic nitrogens is 2. The van der Waals surface area contributed by atoms with Crippen molar-refractivity contribution in [2.24, 2.45) is 5.41 Å². The van der Waals surface area contributed by atoms with Crippen molar-refractivity contribution in [3.63, 3.8) is 0 Å². The van der Waals surface area contributed by atoms with E-state index in [9.17, 15) is 9.90 Å². The molecule has 4 rings (SSSR count). The SMILES string of the molecule is COc1ccc2ncc(Cl)c(C(F)CCC3(C(=O)O)CCN(CCCc4ccccn4)CC3)c2c1. The van der Waals surface area contributed by atoms with Crippen molar-refractivity contribution in [3.05, 3.63) is 65.1 Å². The third kappa shape index (κ3) is 5.90. The fourth-order valence-electron chi connectivity index (χ4n) is 4.97. The van der Waals surface area contributed by atoms with Crippen molar-refractivity contribution < 1.29 is 19.0 Å². The molecule has 0 saturated carbocycles. The molecule has 1 atom stereocenters. The van der Waals surface area contributed by atoms with E-state index in [1.54, 1.807) is 31.5 Å². The second kappa shape index (κ2) is 11.3. The van der Waals surface area contributed by atoms with Crippen molar-refractivity contribution in [1.82, 2.24) is 14.9 Å². The summed E-state index contributed by atoms with van der Waals surface area (Å²) in [6.45, 7) is 2.29. The summed E-state index contributed by atoms with van der Waals surface area (Å²) in [6.07, 6.45) is 5.10. The Morgan fingerprint density at radius 1 is 1.26 bits per heavy atom. The molecule has 0 bridgehead atoms. The molecule has 1 fully saturated rings. The van der Waals surface area contributed by atoms with E-state index < -0.39 is 17.6 Å². The quantitative estimate of drug-likeness (QED) is 0.375. The third-order valence-electron chi connectivity index (χ3n) is 7.16. The highest BCUT2D eigenvalue weighted by Gasteiger charge is 2.41. The number of aryl methyl sites for hydroxylation is 1. The minimum Gasteiger partial charge on any atom is -0.497 e. The van der Waals surface area contributed by atoms with Gasteiger partial charge in [0, 0.05) is 29.0 Å². The molecule has 1 unspecified atom stereocenters. The van der Waals surface area contributed by atoms with Crippen LogP contribution < -0.4 is 4.74 Å². The molecule has 0 radical (unpaired) electrons. The first kappa shape index (κ1) is 25.3. The van der Waals surface area contributed by atoms with Crippen LogP contribution in [0.1, 0.15) is 49.5 Å². The molecule has 1 saturated heterocycles. The number of benzene rings is 1. The Labute approximate surface area is 210 Å². The maximum absolute atomic E-state index is 15.6. The van der Waals surface area contributed by atoms with Crippen LogP contribution in [0.4, 0.5) is 4.39 Å². The lowest BCUT2D eigenvalue weighted by atomic mass is 9.74. The van der Waals surface area contributed by atoms with Crippen LogP contribution in [-0.2, 0) is 11.2 Å². The Balaban J connectivity index is 1.38. The highest BCUT2D eigenvalue weighted by Crippen LogP contribution is 2.42. The standard InChI is InChI=1S/C27H31ClFN3O3/c1-35-20-7-8-24-21(17-20)25(22(28)18-31-24)23(29)9-10-27(26(33)34)11-15-32(16-12-27)14-4-6-19-5-2-3-13-30-19/h2-3,5,7-8,13,17-18,23H,4,6,9-12,14-16H2,1H3,(H,33,34). The van der Waals surface area contributed by atoms with Gasteiger partial charge in [0.1, 0.15) is 11.9 Å². The molecule has 186 valence electrons. The number of carbonyl (C=O) groups is 1. The Kier molecular flexibility index (Phi) is 8.19. The van der Waals surface area contributed by atoms with Gasteiger partial charge >= 0.3 is 5.97 Å². The highest BCUT2D eigenvalue weighted by molar-refractivity contribution is 6.32. The molecule has 1 aliphatic heterocycles. The van der Waals surface area contributed by atoms with Crippen molar-refractivity contribution in [2.45, 2.75) is 44.7 Å². The van der Waals surface area contributed by atoms with E-state index in [0.29, 0.717) is 48.1 Å². The van der Waals surface area contributed by atoms with Gasteiger partial charge in [-0.15, -0.1) is 0 Å². The van der Waals surface area contributed by atoms with Crippen LogP contribution in [0.5, 0.6) is 5.75 Å². The number of ether oxygens (including phenoxy) is 1. The number of aliphatic carboxylic acids is 1. The molecule has 3 aromatic rings. The van der Waals surface area contributed by atoms with E-state index in [4.69, 9.17) is 16.3 Å². The van der Waals surface area contributed by atoms with Gasteiger partial charge in [0.15, 0.2) is 0 Å². The van der Waals surface area contributed by atoms with Crippen molar-refractivity contribution >= 4 is 28.5 Å². The Hall–Kier alpha value is -2.77. The summed E-state index contributed by atoms with van der Waals surface area (Å²) >= 11 is 6.35. The monoisotopic (exact) mass is 499 g/mol.